The van der Waals surface area contributed by atoms with Crippen LogP contribution in [-0.2, 0) is 0 Å². The summed E-state index contributed by atoms with van der Waals surface area (Å²) in [6.45, 7) is 12.2. The number of carbonyl (C=O) groups is 1. The minimum absolute atomic E-state index is 0.138. The van der Waals surface area contributed by atoms with Gasteiger partial charge < -0.3 is 9.32 Å². The van der Waals surface area contributed by atoms with Crippen molar-refractivity contribution in [3.8, 4) is 0 Å². The normalized spacial score (nSPS) is 17.9. The molecule has 0 saturated carbocycles. The Morgan fingerprint density at radius 3 is 2.84 bits per heavy atom. The Labute approximate surface area is 191 Å². The van der Waals surface area contributed by atoms with Crippen molar-refractivity contribution in [2.45, 2.75) is 52.5 Å². The molecule has 31 heavy (non-hydrogen) atoms. The molecule has 1 aliphatic heterocycles. The van der Waals surface area contributed by atoms with Crippen molar-refractivity contribution < 1.29 is 9.21 Å². The predicted octanol–water partition coefficient (Wildman–Crippen LogP) is 6.38. The number of furan rings is 1. The lowest BCUT2D eigenvalue weighted by atomic mass is 9.79. The van der Waals surface area contributed by atoms with Gasteiger partial charge in [0.2, 0.25) is 0 Å². The first-order valence-corrected chi connectivity index (χ1v) is 11.4. The van der Waals surface area contributed by atoms with E-state index in [2.05, 4.69) is 78.1 Å². The van der Waals surface area contributed by atoms with E-state index >= 15 is 0 Å². The highest BCUT2D eigenvalue weighted by atomic mass is 79.9. The molecule has 2 aromatic carbocycles. The third-order valence-corrected chi connectivity index (χ3v) is 6.65. The molecule has 5 nitrogen and oxygen atoms in total. The standard InChI is InChI=1S/C25H28BrN3O2/c1-6-29-21-9-15(2)18(11-20(21)16(3)13-25(29,4)5)14-27-28-24(30)23-12-17-10-19(26)7-8-22(17)31-23/h7-12,14,16H,6,13H2,1-5H3,(H,28,30)/b27-14+/t16-/m1/s1. The molecule has 0 bridgehead atoms. The quantitative estimate of drug-likeness (QED) is 0.347. The molecule has 1 atom stereocenters. The molecule has 1 aromatic heterocycles. The van der Waals surface area contributed by atoms with E-state index < -0.39 is 0 Å². The highest BCUT2D eigenvalue weighted by Crippen LogP contribution is 2.44. The van der Waals surface area contributed by atoms with E-state index in [4.69, 9.17) is 4.42 Å². The number of benzene rings is 2. The Morgan fingerprint density at radius 1 is 1.32 bits per heavy atom. The zero-order chi connectivity index (χ0) is 22.3. The zero-order valence-electron chi connectivity index (χ0n) is 18.6. The summed E-state index contributed by atoms with van der Waals surface area (Å²) in [6.07, 6.45) is 2.82. The summed E-state index contributed by atoms with van der Waals surface area (Å²) in [4.78, 5) is 15.0. The average molecular weight is 482 g/mol. The van der Waals surface area contributed by atoms with Crippen LogP contribution in [0.1, 0.15) is 67.3 Å². The second kappa shape index (κ2) is 8.15. The van der Waals surface area contributed by atoms with Gasteiger partial charge in [-0.2, -0.15) is 5.10 Å². The highest BCUT2D eigenvalue weighted by Gasteiger charge is 2.35. The second-order valence-electron chi connectivity index (χ2n) is 8.92. The number of carbonyl (C=O) groups excluding carboxylic acids is 1. The monoisotopic (exact) mass is 481 g/mol. The van der Waals surface area contributed by atoms with E-state index in [1.54, 1.807) is 12.3 Å². The van der Waals surface area contributed by atoms with Gasteiger partial charge in [0.05, 0.1) is 6.21 Å². The fraction of sp³-hybridized carbons (Fsp3) is 0.360. The summed E-state index contributed by atoms with van der Waals surface area (Å²) in [6, 6.07) is 11.8. The molecule has 0 unspecified atom stereocenters. The van der Waals surface area contributed by atoms with Gasteiger partial charge in [0.1, 0.15) is 5.58 Å². The fourth-order valence-electron chi connectivity index (χ4n) is 4.73. The van der Waals surface area contributed by atoms with Crippen molar-refractivity contribution in [3.63, 3.8) is 0 Å². The molecule has 0 radical (unpaired) electrons. The van der Waals surface area contributed by atoms with Gasteiger partial charge in [0.15, 0.2) is 5.76 Å². The van der Waals surface area contributed by atoms with Crippen LogP contribution >= 0.6 is 15.9 Å². The molecule has 1 aliphatic rings. The summed E-state index contributed by atoms with van der Waals surface area (Å²) in [7, 11) is 0. The van der Waals surface area contributed by atoms with Crippen LogP contribution in [0, 0.1) is 6.92 Å². The Balaban J connectivity index is 1.55. The van der Waals surface area contributed by atoms with Crippen molar-refractivity contribution >= 4 is 44.7 Å². The van der Waals surface area contributed by atoms with Gasteiger partial charge in [-0.1, -0.05) is 22.9 Å². The SMILES string of the molecule is CCN1c2cc(C)c(/C=N/NC(=O)c3cc4cc(Br)ccc4o3)cc2[C@H](C)CC1(C)C. The molecule has 0 fully saturated rings. The van der Waals surface area contributed by atoms with Crippen LogP contribution in [-0.4, -0.2) is 24.2 Å². The maximum atomic E-state index is 12.5. The molecule has 1 amide bonds. The largest absolute Gasteiger partial charge is 0.451 e. The van der Waals surface area contributed by atoms with E-state index in [1.807, 2.05) is 18.2 Å². The maximum Gasteiger partial charge on any atom is 0.307 e. The van der Waals surface area contributed by atoms with Gasteiger partial charge in [-0.3, -0.25) is 4.79 Å². The van der Waals surface area contributed by atoms with E-state index in [0.717, 1.165) is 34.0 Å². The minimum atomic E-state index is -0.369. The third-order valence-electron chi connectivity index (χ3n) is 6.16. The van der Waals surface area contributed by atoms with Crippen LogP contribution in [0.2, 0.25) is 0 Å². The average Bonchev–Trinajstić information content (AvgIpc) is 3.11. The molecule has 0 aliphatic carbocycles. The second-order valence-corrected chi connectivity index (χ2v) is 9.84. The highest BCUT2D eigenvalue weighted by molar-refractivity contribution is 9.10. The van der Waals surface area contributed by atoms with E-state index in [-0.39, 0.29) is 17.2 Å². The van der Waals surface area contributed by atoms with Crippen molar-refractivity contribution in [1.82, 2.24) is 5.43 Å². The minimum Gasteiger partial charge on any atom is -0.451 e. The lowest BCUT2D eigenvalue weighted by Crippen LogP contribution is -2.48. The Bertz CT molecular complexity index is 1180. The molecule has 3 aromatic rings. The van der Waals surface area contributed by atoms with Crippen LogP contribution in [0.3, 0.4) is 0 Å². The summed E-state index contributed by atoms with van der Waals surface area (Å²) >= 11 is 3.43. The van der Waals surface area contributed by atoms with Crippen molar-refractivity contribution in [2.75, 3.05) is 11.4 Å². The Morgan fingerprint density at radius 2 is 2.10 bits per heavy atom. The van der Waals surface area contributed by atoms with Crippen molar-refractivity contribution in [1.29, 1.82) is 0 Å². The summed E-state index contributed by atoms with van der Waals surface area (Å²) in [5, 5.41) is 5.07. The molecular weight excluding hydrogens is 454 g/mol. The van der Waals surface area contributed by atoms with Gasteiger partial charge in [-0.05, 0) is 93.1 Å². The van der Waals surface area contributed by atoms with Gasteiger partial charge in [-0.15, -0.1) is 0 Å². The number of anilines is 1. The first-order valence-electron chi connectivity index (χ1n) is 10.6. The molecular formula is C25H28BrN3O2. The first-order chi connectivity index (χ1) is 14.7. The summed E-state index contributed by atoms with van der Waals surface area (Å²) in [5.74, 6) is 0.332. The van der Waals surface area contributed by atoms with E-state index in [0.29, 0.717) is 11.5 Å². The Hall–Kier alpha value is -2.60. The summed E-state index contributed by atoms with van der Waals surface area (Å²) in [5.41, 5.74) is 8.18. The number of hydrogen-bond donors (Lipinski definition) is 1. The van der Waals surface area contributed by atoms with Gasteiger partial charge in [0.25, 0.3) is 0 Å². The van der Waals surface area contributed by atoms with E-state index in [9.17, 15) is 4.79 Å². The van der Waals surface area contributed by atoms with Gasteiger partial charge >= 0.3 is 5.91 Å². The van der Waals surface area contributed by atoms with Crippen molar-refractivity contribution in [3.05, 3.63) is 63.3 Å². The topological polar surface area (TPSA) is 57.8 Å². The van der Waals surface area contributed by atoms with Crippen LogP contribution in [0.4, 0.5) is 5.69 Å². The zero-order valence-corrected chi connectivity index (χ0v) is 20.2. The summed E-state index contributed by atoms with van der Waals surface area (Å²) < 4.78 is 6.57. The molecule has 162 valence electrons. The maximum absolute atomic E-state index is 12.5. The van der Waals surface area contributed by atoms with Crippen LogP contribution < -0.4 is 10.3 Å². The molecule has 6 heteroatoms. The molecule has 4 rings (SSSR count). The molecule has 1 N–H and O–H groups in total. The van der Waals surface area contributed by atoms with Crippen molar-refractivity contribution in [2.24, 2.45) is 5.10 Å². The molecule has 2 heterocycles. The van der Waals surface area contributed by atoms with Gasteiger partial charge in [0, 0.05) is 27.6 Å². The number of halogens is 1. The van der Waals surface area contributed by atoms with Crippen LogP contribution in [0.5, 0.6) is 0 Å². The number of nitrogens with zero attached hydrogens (tertiary/aromatic N) is 2. The number of hydrazone groups is 1. The third kappa shape index (κ3) is 4.13. The predicted molar refractivity (Wildman–Crippen MR) is 130 cm³/mol. The number of aryl methyl sites for hydroxylation is 1. The number of rotatable bonds is 4. The van der Waals surface area contributed by atoms with Crippen LogP contribution in [0.15, 0.2) is 50.4 Å². The number of nitrogens with one attached hydrogen (secondary N) is 1. The smallest absolute Gasteiger partial charge is 0.307 e. The number of fused-ring (bicyclic) bond motifs is 2. The first kappa shape index (κ1) is 21.6. The lowest BCUT2D eigenvalue weighted by molar-refractivity contribution is 0.0929. The Kier molecular flexibility index (Phi) is 5.69. The lowest BCUT2D eigenvalue weighted by Gasteiger charge is -2.47. The molecule has 0 saturated heterocycles. The number of hydrogen-bond acceptors (Lipinski definition) is 4. The van der Waals surface area contributed by atoms with Crippen LogP contribution in [0.25, 0.3) is 11.0 Å². The van der Waals surface area contributed by atoms with Gasteiger partial charge in [-0.25, -0.2) is 5.43 Å². The number of amides is 1. The molecule has 0 spiro atoms. The van der Waals surface area contributed by atoms with E-state index in [1.165, 1.54) is 11.3 Å². The fourth-order valence-corrected chi connectivity index (χ4v) is 5.11.